The largest absolute Gasteiger partial charge is 0.376 e. The first-order chi connectivity index (χ1) is 15.8. The molecule has 0 unspecified atom stereocenters. The second kappa shape index (κ2) is 10.2. The molecular weight excluding hydrogens is 454 g/mol. The van der Waals surface area contributed by atoms with E-state index in [1.807, 2.05) is 19.9 Å². The van der Waals surface area contributed by atoms with Crippen LogP contribution in [-0.2, 0) is 27.1 Å². The van der Waals surface area contributed by atoms with Gasteiger partial charge in [-0.1, -0.05) is 43.8 Å². The van der Waals surface area contributed by atoms with Gasteiger partial charge < -0.3 is 9.30 Å². The Bertz CT molecular complexity index is 1230. The fraction of sp³-hybridized carbons (Fsp3) is 0.480. The highest BCUT2D eigenvalue weighted by atomic mass is 32.2. The molecule has 0 N–H and O–H groups in total. The van der Waals surface area contributed by atoms with E-state index in [-0.39, 0.29) is 6.10 Å². The lowest BCUT2D eigenvalue weighted by molar-refractivity contribution is 0.0960. The lowest BCUT2D eigenvalue weighted by Crippen LogP contribution is -2.30. The maximum Gasteiger partial charge on any atom is 0.243 e. The Kier molecular flexibility index (Phi) is 7.48. The summed E-state index contributed by atoms with van der Waals surface area (Å²) in [5.41, 5.74) is 5.49. The van der Waals surface area contributed by atoms with E-state index in [1.165, 1.54) is 21.0 Å². The monoisotopic (exact) mass is 487 g/mol. The van der Waals surface area contributed by atoms with Crippen molar-refractivity contribution in [2.45, 2.75) is 69.0 Å². The third-order valence-electron chi connectivity index (χ3n) is 6.38. The molecule has 2 heterocycles. The van der Waals surface area contributed by atoms with Gasteiger partial charge in [-0.15, -0.1) is 0 Å². The van der Waals surface area contributed by atoms with Crippen LogP contribution in [0.1, 0.15) is 43.4 Å². The first-order valence-corrected chi connectivity index (χ1v) is 14.1. The Morgan fingerprint density at radius 2 is 1.91 bits per heavy atom. The summed E-state index contributed by atoms with van der Waals surface area (Å²) in [6, 6.07) is 11.9. The molecule has 178 valence electrons. The summed E-state index contributed by atoms with van der Waals surface area (Å²) in [4.78, 5) is 5.18. The van der Waals surface area contributed by atoms with Crippen molar-refractivity contribution < 1.29 is 13.2 Å². The van der Waals surface area contributed by atoms with Crippen molar-refractivity contribution in [3.05, 3.63) is 53.1 Å². The fourth-order valence-corrected chi connectivity index (χ4v) is 6.73. The molecule has 0 radical (unpaired) electrons. The van der Waals surface area contributed by atoms with Crippen molar-refractivity contribution in [1.29, 1.82) is 0 Å². The average molecular weight is 488 g/mol. The average Bonchev–Trinajstić information content (AvgIpc) is 3.43. The summed E-state index contributed by atoms with van der Waals surface area (Å²) in [5.74, 6) is 0.806. The number of aryl methyl sites for hydroxylation is 2. The van der Waals surface area contributed by atoms with Gasteiger partial charge in [-0.25, -0.2) is 13.4 Å². The van der Waals surface area contributed by atoms with Crippen LogP contribution in [0, 0.1) is 13.8 Å². The number of fused-ring (bicyclic) bond motifs is 1. The molecule has 0 spiro atoms. The zero-order valence-corrected chi connectivity index (χ0v) is 21.5. The van der Waals surface area contributed by atoms with Gasteiger partial charge in [0.1, 0.15) is 0 Å². The maximum absolute atomic E-state index is 13.0. The fourth-order valence-electron chi connectivity index (χ4n) is 4.28. The summed E-state index contributed by atoms with van der Waals surface area (Å²) >= 11 is 1.69. The molecule has 4 rings (SSSR count). The normalized spacial score (nSPS) is 16.8. The zero-order valence-electron chi connectivity index (χ0n) is 19.9. The van der Waals surface area contributed by atoms with Crippen LogP contribution >= 0.6 is 11.8 Å². The van der Waals surface area contributed by atoms with E-state index in [1.54, 1.807) is 23.9 Å². The summed E-state index contributed by atoms with van der Waals surface area (Å²) in [5, 5.41) is 0.899. The number of benzene rings is 2. The highest BCUT2D eigenvalue weighted by Gasteiger charge is 2.24. The first-order valence-electron chi connectivity index (χ1n) is 11.6. The van der Waals surface area contributed by atoms with Gasteiger partial charge >= 0.3 is 0 Å². The van der Waals surface area contributed by atoms with Gasteiger partial charge in [0.05, 0.1) is 28.6 Å². The number of rotatable bonds is 9. The minimum absolute atomic E-state index is 0.169. The molecular formula is C25H33N3O3S2. The number of sulfonamides is 1. The molecule has 6 nitrogen and oxygen atoms in total. The summed E-state index contributed by atoms with van der Waals surface area (Å²) in [6.45, 7) is 10.4. The Morgan fingerprint density at radius 1 is 1.12 bits per heavy atom. The number of thioether (sulfide) groups is 1. The standard InChI is InChI=1S/C25H33N3O3S2/c1-5-27(6-2)33(29,30)22-11-12-24-23(15-22)26-25(28(24)16-21-8-7-13-31-21)32-17-20-10-9-18(3)19(4)14-20/h9-12,14-15,21H,5-8,13,16-17H2,1-4H3/t21-/m0/s1. The molecule has 1 fully saturated rings. The van der Waals surface area contributed by atoms with Crippen LogP contribution in [0.25, 0.3) is 11.0 Å². The Morgan fingerprint density at radius 3 is 2.58 bits per heavy atom. The first kappa shape index (κ1) is 24.3. The molecule has 1 saturated heterocycles. The van der Waals surface area contributed by atoms with E-state index in [2.05, 4.69) is 36.6 Å². The van der Waals surface area contributed by atoms with Crippen molar-refractivity contribution in [3.63, 3.8) is 0 Å². The Labute approximate surface area is 201 Å². The van der Waals surface area contributed by atoms with Crippen LogP contribution in [0.3, 0.4) is 0 Å². The molecule has 1 aromatic heterocycles. The highest BCUT2D eigenvalue weighted by Crippen LogP contribution is 2.31. The summed E-state index contributed by atoms with van der Waals surface area (Å²) in [7, 11) is -3.53. The second-order valence-corrected chi connectivity index (χ2v) is 11.5. The number of imidazole rings is 1. The molecule has 0 amide bonds. The van der Waals surface area contributed by atoms with E-state index in [0.717, 1.165) is 42.4 Å². The smallest absolute Gasteiger partial charge is 0.243 e. The van der Waals surface area contributed by atoms with E-state index in [4.69, 9.17) is 9.72 Å². The third-order valence-corrected chi connectivity index (χ3v) is 9.47. The molecule has 1 aliphatic heterocycles. The van der Waals surface area contributed by atoms with Crippen LogP contribution in [-0.4, -0.2) is 48.1 Å². The molecule has 1 atom stereocenters. The number of aromatic nitrogens is 2. The molecule has 2 aromatic carbocycles. The van der Waals surface area contributed by atoms with E-state index in [0.29, 0.717) is 23.5 Å². The van der Waals surface area contributed by atoms with E-state index >= 15 is 0 Å². The number of hydrogen-bond donors (Lipinski definition) is 0. The summed E-state index contributed by atoms with van der Waals surface area (Å²) < 4.78 is 35.7. The van der Waals surface area contributed by atoms with Crippen molar-refractivity contribution in [2.24, 2.45) is 0 Å². The predicted molar refractivity (Wildman–Crippen MR) is 134 cm³/mol. The van der Waals surface area contributed by atoms with Gasteiger partial charge in [-0.05, 0) is 61.6 Å². The van der Waals surface area contributed by atoms with Gasteiger partial charge in [0.2, 0.25) is 10.0 Å². The van der Waals surface area contributed by atoms with Gasteiger partial charge in [0.15, 0.2) is 5.16 Å². The van der Waals surface area contributed by atoms with Crippen molar-refractivity contribution in [3.8, 4) is 0 Å². The highest BCUT2D eigenvalue weighted by molar-refractivity contribution is 7.98. The van der Waals surface area contributed by atoms with Gasteiger partial charge in [0, 0.05) is 25.4 Å². The zero-order chi connectivity index (χ0) is 23.6. The van der Waals surface area contributed by atoms with Gasteiger partial charge in [-0.2, -0.15) is 4.31 Å². The van der Waals surface area contributed by atoms with Crippen molar-refractivity contribution in [1.82, 2.24) is 13.9 Å². The third kappa shape index (κ3) is 5.14. The second-order valence-electron chi connectivity index (χ2n) is 8.59. The van der Waals surface area contributed by atoms with E-state index < -0.39 is 10.0 Å². The molecule has 0 aliphatic carbocycles. The van der Waals surface area contributed by atoms with E-state index in [9.17, 15) is 8.42 Å². The van der Waals surface area contributed by atoms with Crippen LogP contribution in [0.2, 0.25) is 0 Å². The van der Waals surface area contributed by atoms with Crippen LogP contribution < -0.4 is 0 Å². The van der Waals surface area contributed by atoms with Crippen molar-refractivity contribution in [2.75, 3.05) is 19.7 Å². The van der Waals surface area contributed by atoms with Crippen LogP contribution in [0.5, 0.6) is 0 Å². The topological polar surface area (TPSA) is 64.4 Å². The minimum Gasteiger partial charge on any atom is -0.376 e. The number of nitrogens with zero attached hydrogens (tertiary/aromatic N) is 3. The van der Waals surface area contributed by atoms with Crippen LogP contribution in [0.15, 0.2) is 46.5 Å². The molecule has 3 aromatic rings. The predicted octanol–water partition coefficient (Wildman–Crippen LogP) is 5.15. The lowest BCUT2D eigenvalue weighted by Gasteiger charge is -2.18. The molecule has 8 heteroatoms. The number of ether oxygens (including phenoxy) is 1. The van der Waals surface area contributed by atoms with Gasteiger partial charge in [0.25, 0.3) is 0 Å². The van der Waals surface area contributed by atoms with Crippen molar-refractivity contribution >= 4 is 32.8 Å². The maximum atomic E-state index is 13.0. The molecule has 0 bridgehead atoms. The number of hydrogen-bond acceptors (Lipinski definition) is 5. The van der Waals surface area contributed by atoms with Crippen LogP contribution in [0.4, 0.5) is 0 Å². The Hall–Kier alpha value is -1.87. The quantitative estimate of drug-likeness (QED) is 0.390. The lowest BCUT2D eigenvalue weighted by atomic mass is 10.1. The summed E-state index contributed by atoms with van der Waals surface area (Å²) in [6.07, 6.45) is 2.28. The molecule has 1 aliphatic rings. The SMILES string of the molecule is CCN(CC)S(=O)(=O)c1ccc2c(c1)nc(SCc1ccc(C)c(C)c1)n2C[C@@H]1CCCO1. The van der Waals surface area contributed by atoms with Gasteiger partial charge in [-0.3, -0.25) is 0 Å². The molecule has 0 saturated carbocycles. The minimum atomic E-state index is -3.53. The Balaban J connectivity index is 1.69. The molecule has 33 heavy (non-hydrogen) atoms.